The Morgan fingerprint density at radius 2 is 2.47 bits per heavy atom. The van der Waals surface area contributed by atoms with Gasteiger partial charge in [-0.05, 0) is 12.0 Å². The van der Waals surface area contributed by atoms with Gasteiger partial charge in [0.2, 0.25) is 0 Å². The Labute approximate surface area is 95.2 Å². The van der Waals surface area contributed by atoms with Crippen LogP contribution in [0.25, 0.3) is 0 Å². The van der Waals surface area contributed by atoms with Crippen LogP contribution in [0.1, 0.15) is 6.42 Å². The fourth-order valence-corrected chi connectivity index (χ4v) is 1.76. The monoisotopic (exact) mass is 232 g/mol. The lowest BCUT2D eigenvalue weighted by atomic mass is 10.3. The summed E-state index contributed by atoms with van der Waals surface area (Å²) in [5.41, 5.74) is 1.01. The van der Waals surface area contributed by atoms with Gasteiger partial charge in [-0.15, -0.1) is 11.6 Å². The van der Waals surface area contributed by atoms with E-state index in [1.165, 1.54) is 7.11 Å². The van der Waals surface area contributed by atoms with Gasteiger partial charge >= 0.3 is 6.09 Å². The second-order valence-corrected chi connectivity index (χ2v) is 4.01. The molecular weight excluding hydrogens is 216 g/mol. The molecule has 15 heavy (non-hydrogen) atoms. The summed E-state index contributed by atoms with van der Waals surface area (Å²) >= 11 is 5.66. The second-order valence-electron chi connectivity index (χ2n) is 3.74. The molecule has 86 valence electrons. The molecule has 0 bridgehead atoms. The highest BCUT2D eigenvalue weighted by Gasteiger charge is 2.23. The van der Waals surface area contributed by atoms with E-state index < -0.39 is 0 Å². The minimum absolute atomic E-state index is 0.181. The van der Waals surface area contributed by atoms with E-state index in [0.717, 1.165) is 31.6 Å². The van der Waals surface area contributed by atoms with Crippen molar-refractivity contribution in [2.45, 2.75) is 12.5 Å². The molecule has 0 aromatic heterocycles. The minimum atomic E-state index is -0.363. The van der Waals surface area contributed by atoms with Crippen molar-refractivity contribution >= 4 is 17.7 Å². The third kappa shape index (κ3) is 4.10. The van der Waals surface area contributed by atoms with Crippen LogP contribution in [0, 0.1) is 0 Å². The highest BCUT2D eigenvalue weighted by molar-refractivity contribution is 6.19. The van der Waals surface area contributed by atoms with Gasteiger partial charge in [-0.2, -0.15) is 0 Å². The summed E-state index contributed by atoms with van der Waals surface area (Å²) < 4.78 is 4.54. The number of alkyl carbamates (subject to hydrolysis) is 1. The maximum Gasteiger partial charge on any atom is 0.407 e. The average molecular weight is 233 g/mol. The first-order valence-electron chi connectivity index (χ1n) is 4.95. The number of alkyl halides is 1. The van der Waals surface area contributed by atoms with Crippen molar-refractivity contribution < 1.29 is 9.53 Å². The molecule has 1 amide bonds. The van der Waals surface area contributed by atoms with Crippen LogP contribution >= 0.6 is 11.6 Å². The van der Waals surface area contributed by atoms with E-state index in [9.17, 15) is 4.79 Å². The lowest BCUT2D eigenvalue weighted by molar-refractivity contribution is 0.166. The first-order valence-corrected chi connectivity index (χ1v) is 5.48. The SMILES string of the molecule is C=C(CCl)CN1CCC(NC(=O)OC)C1. The Morgan fingerprint density at radius 3 is 3.07 bits per heavy atom. The number of halogens is 1. The molecule has 5 heteroatoms. The molecule has 0 aromatic carbocycles. The van der Waals surface area contributed by atoms with E-state index in [2.05, 4.69) is 21.5 Å². The van der Waals surface area contributed by atoms with Crippen molar-refractivity contribution in [1.29, 1.82) is 0 Å². The highest BCUT2D eigenvalue weighted by Crippen LogP contribution is 2.11. The Kier molecular flexibility index (Phi) is 4.91. The van der Waals surface area contributed by atoms with Crippen LogP contribution in [-0.2, 0) is 4.74 Å². The predicted molar refractivity (Wildman–Crippen MR) is 60.2 cm³/mol. The third-order valence-electron chi connectivity index (χ3n) is 2.42. The van der Waals surface area contributed by atoms with Crippen LogP contribution in [0.15, 0.2) is 12.2 Å². The zero-order chi connectivity index (χ0) is 11.3. The van der Waals surface area contributed by atoms with Crippen molar-refractivity contribution in [3.8, 4) is 0 Å². The Bertz CT molecular complexity index is 222. The van der Waals surface area contributed by atoms with E-state index in [1.807, 2.05) is 0 Å². The number of hydrogen-bond acceptors (Lipinski definition) is 3. The molecule has 0 aromatic rings. The van der Waals surface area contributed by atoms with Gasteiger partial charge in [0.05, 0.1) is 7.11 Å². The van der Waals surface area contributed by atoms with E-state index in [1.54, 1.807) is 0 Å². The molecule has 1 unspecified atom stereocenters. The molecule has 0 radical (unpaired) electrons. The Balaban J connectivity index is 2.26. The largest absolute Gasteiger partial charge is 0.453 e. The zero-order valence-corrected chi connectivity index (χ0v) is 9.72. The van der Waals surface area contributed by atoms with Crippen LogP contribution in [-0.4, -0.2) is 49.7 Å². The molecule has 1 rings (SSSR count). The van der Waals surface area contributed by atoms with Crippen LogP contribution in [0.5, 0.6) is 0 Å². The number of nitrogens with zero attached hydrogens (tertiary/aromatic N) is 1. The minimum Gasteiger partial charge on any atom is -0.453 e. The summed E-state index contributed by atoms with van der Waals surface area (Å²) in [6.45, 7) is 6.46. The van der Waals surface area contributed by atoms with Crippen LogP contribution in [0.3, 0.4) is 0 Å². The maximum atomic E-state index is 11.0. The number of amides is 1. The van der Waals surface area contributed by atoms with Gasteiger partial charge in [0.25, 0.3) is 0 Å². The molecule has 1 N–H and O–H groups in total. The quantitative estimate of drug-likeness (QED) is 0.585. The number of nitrogens with one attached hydrogen (secondary N) is 1. The molecule has 1 saturated heterocycles. The molecular formula is C10H17ClN2O2. The van der Waals surface area contributed by atoms with E-state index in [0.29, 0.717) is 5.88 Å². The van der Waals surface area contributed by atoms with Crippen molar-refractivity contribution in [2.24, 2.45) is 0 Å². The van der Waals surface area contributed by atoms with Crippen molar-refractivity contribution in [3.63, 3.8) is 0 Å². The fourth-order valence-electron chi connectivity index (χ4n) is 1.68. The molecule has 4 nitrogen and oxygen atoms in total. The third-order valence-corrected chi connectivity index (χ3v) is 2.79. The number of hydrogen-bond donors (Lipinski definition) is 1. The van der Waals surface area contributed by atoms with Gasteiger partial charge in [0.15, 0.2) is 0 Å². The van der Waals surface area contributed by atoms with Crippen molar-refractivity contribution in [1.82, 2.24) is 10.2 Å². The summed E-state index contributed by atoms with van der Waals surface area (Å²) in [7, 11) is 1.37. The molecule has 0 aliphatic carbocycles. The van der Waals surface area contributed by atoms with Crippen LogP contribution < -0.4 is 5.32 Å². The van der Waals surface area contributed by atoms with E-state index in [-0.39, 0.29) is 12.1 Å². The highest BCUT2D eigenvalue weighted by atomic mass is 35.5. The molecule has 0 spiro atoms. The molecule has 1 fully saturated rings. The molecule has 1 heterocycles. The van der Waals surface area contributed by atoms with Gasteiger partial charge in [-0.1, -0.05) is 6.58 Å². The Morgan fingerprint density at radius 1 is 1.73 bits per heavy atom. The standard InChI is InChI=1S/C10H17ClN2O2/c1-8(5-11)6-13-4-3-9(7-13)12-10(14)15-2/h9H,1,3-7H2,2H3,(H,12,14). The predicted octanol–water partition coefficient (Wildman–Crippen LogP) is 1.21. The smallest absolute Gasteiger partial charge is 0.407 e. The van der Waals surface area contributed by atoms with Gasteiger partial charge < -0.3 is 10.1 Å². The topological polar surface area (TPSA) is 41.6 Å². The summed E-state index contributed by atoms with van der Waals surface area (Å²) in [6.07, 6.45) is 0.586. The fraction of sp³-hybridized carbons (Fsp3) is 0.700. The Hall–Kier alpha value is -0.740. The number of likely N-dealkylation sites (tertiary alicyclic amines) is 1. The maximum absolute atomic E-state index is 11.0. The molecule has 1 aliphatic rings. The summed E-state index contributed by atoms with van der Waals surface area (Å²) in [4.78, 5) is 13.2. The first-order chi connectivity index (χ1) is 7.15. The van der Waals surface area contributed by atoms with Crippen molar-refractivity contribution in [3.05, 3.63) is 12.2 Å². The first kappa shape index (κ1) is 12.3. The second kappa shape index (κ2) is 5.98. The lowest BCUT2D eigenvalue weighted by Gasteiger charge is -2.16. The number of ether oxygens (including phenoxy) is 1. The number of methoxy groups -OCH3 is 1. The average Bonchev–Trinajstić information content (AvgIpc) is 2.65. The van der Waals surface area contributed by atoms with Gasteiger partial charge in [0, 0.05) is 31.6 Å². The normalized spacial score (nSPS) is 21.3. The zero-order valence-electron chi connectivity index (χ0n) is 8.96. The number of carbonyl (C=O) groups is 1. The number of carbonyl (C=O) groups excluding carboxylic acids is 1. The van der Waals surface area contributed by atoms with Crippen molar-refractivity contribution in [2.75, 3.05) is 32.6 Å². The van der Waals surface area contributed by atoms with E-state index in [4.69, 9.17) is 11.6 Å². The lowest BCUT2D eigenvalue weighted by Crippen LogP contribution is -2.37. The summed E-state index contributed by atoms with van der Waals surface area (Å²) in [5.74, 6) is 0.492. The van der Waals surface area contributed by atoms with Gasteiger partial charge in [-0.25, -0.2) is 4.79 Å². The van der Waals surface area contributed by atoms with Crippen LogP contribution in [0.4, 0.5) is 4.79 Å². The molecule has 1 aliphatic heterocycles. The van der Waals surface area contributed by atoms with Gasteiger partial charge in [-0.3, -0.25) is 4.90 Å². The van der Waals surface area contributed by atoms with Gasteiger partial charge in [0.1, 0.15) is 0 Å². The molecule has 0 saturated carbocycles. The number of rotatable bonds is 4. The van der Waals surface area contributed by atoms with E-state index >= 15 is 0 Å². The summed E-state index contributed by atoms with van der Waals surface area (Å²) in [6, 6.07) is 0.181. The van der Waals surface area contributed by atoms with Crippen LogP contribution in [0.2, 0.25) is 0 Å². The summed E-state index contributed by atoms with van der Waals surface area (Å²) in [5, 5.41) is 2.78. The molecule has 1 atom stereocenters.